The molecule has 2 rings (SSSR count). The number of aliphatic hydroxyl groups is 1. The fraction of sp³-hybridized carbons (Fsp3) is 0.600. The molecule has 1 nitrogen and oxygen atoms in total. The van der Waals surface area contributed by atoms with Crippen molar-refractivity contribution in [2.45, 2.75) is 44.1 Å². The third-order valence-corrected chi connectivity index (χ3v) is 4.03. The minimum Gasteiger partial charge on any atom is -0.385 e. The zero-order chi connectivity index (χ0) is 12.1. The number of benzene rings is 1. The highest BCUT2D eigenvalue weighted by Crippen LogP contribution is 2.41. The molecule has 1 aromatic rings. The Kier molecular flexibility index (Phi) is 4.16. The third kappa shape index (κ3) is 2.68. The maximum Gasteiger partial charge on any atom is 0.0949 e. The Morgan fingerprint density at radius 1 is 1.12 bits per heavy atom. The monoisotopic (exact) mass is 236 g/mol. The number of rotatable bonds is 4. The molecule has 1 atom stereocenters. The van der Waals surface area contributed by atoms with Crippen LogP contribution in [0.25, 0.3) is 0 Å². The lowest BCUT2D eigenvalue weighted by Gasteiger charge is -2.38. The lowest BCUT2D eigenvalue weighted by Crippen LogP contribution is -2.37. The van der Waals surface area contributed by atoms with Gasteiger partial charge in [0.1, 0.15) is 0 Å². The predicted octanol–water partition coefficient (Wildman–Crippen LogP) is 3.81. The van der Waals surface area contributed by atoms with E-state index in [9.17, 15) is 9.50 Å². The quantitative estimate of drug-likeness (QED) is 0.842. The summed E-state index contributed by atoms with van der Waals surface area (Å²) in [4.78, 5) is 0. The number of hydrogen-bond acceptors (Lipinski definition) is 1. The predicted molar refractivity (Wildman–Crippen MR) is 67.5 cm³/mol. The maximum atomic E-state index is 12.8. The summed E-state index contributed by atoms with van der Waals surface area (Å²) in [6, 6.07) is 9.61. The number of alkyl halides is 1. The Morgan fingerprint density at radius 3 is 2.35 bits per heavy atom. The Balaban J connectivity index is 2.24. The van der Waals surface area contributed by atoms with Crippen LogP contribution in [0.4, 0.5) is 4.39 Å². The Labute approximate surface area is 103 Å². The van der Waals surface area contributed by atoms with Crippen LogP contribution in [-0.2, 0) is 5.60 Å². The minimum absolute atomic E-state index is 0.217. The standard InChI is InChI=1S/C15H21FO/c16-12-11-15(17,13-7-3-1-4-8-13)14-9-5-2-6-10-14/h1,3-4,7-8,14,17H,2,5-6,9-12H2. The third-order valence-electron chi connectivity index (χ3n) is 4.03. The molecule has 1 N–H and O–H groups in total. The molecule has 1 aliphatic rings. The summed E-state index contributed by atoms with van der Waals surface area (Å²) < 4.78 is 12.8. The highest BCUT2D eigenvalue weighted by Gasteiger charge is 2.38. The molecule has 1 saturated carbocycles. The van der Waals surface area contributed by atoms with Gasteiger partial charge in [-0.3, -0.25) is 4.39 Å². The van der Waals surface area contributed by atoms with Gasteiger partial charge in [-0.25, -0.2) is 0 Å². The SMILES string of the molecule is OC(CCF)(c1ccccc1)C1CCCCC1. The first-order valence-corrected chi connectivity index (χ1v) is 6.61. The molecule has 2 heteroatoms. The Morgan fingerprint density at radius 2 is 1.76 bits per heavy atom. The summed E-state index contributed by atoms with van der Waals surface area (Å²) in [7, 11) is 0. The topological polar surface area (TPSA) is 20.2 Å². The van der Waals surface area contributed by atoms with Crippen LogP contribution in [0.1, 0.15) is 44.1 Å². The molecule has 0 bridgehead atoms. The second-order valence-electron chi connectivity index (χ2n) is 5.06. The first-order valence-electron chi connectivity index (χ1n) is 6.61. The molecule has 17 heavy (non-hydrogen) atoms. The highest BCUT2D eigenvalue weighted by molar-refractivity contribution is 5.23. The zero-order valence-electron chi connectivity index (χ0n) is 10.2. The van der Waals surface area contributed by atoms with Gasteiger partial charge in [0.2, 0.25) is 0 Å². The van der Waals surface area contributed by atoms with Gasteiger partial charge in [0.05, 0.1) is 12.3 Å². The van der Waals surface area contributed by atoms with E-state index in [1.807, 2.05) is 30.3 Å². The van der Waals surface area contributed by atoms with E-state index in [0.29, 0.717) is 0 Å². The van der Waals surface area contributed by atoms with Crippen molar-refractivity contribution in [2.75, 3.05) is 6.67 Å². The van der Waals surface area contributed by atoms with Crippen LogP contribution in [-0.4, -0.2) is 11.8 Å². The van der Waals surface area contributed by atoms with Crippen molar-refractivity contribution in [3.05, 3.63) is 35.9 Å². The molecule has 1 aliphatic carbocycles. The smallest absolute Gasteiger partial charge is 0.0949 e. The molecule has 1 aromatic carbocycles. The molecular weight excluding hydrogens is 215 g/mol. The van der Waals surface area contributed by atoms with Crippen LogP contribution < -0.4 is 0 Å². The van der Waals surface area contributed by atoms with Crippen molar-refractivity contribution in [2.24, 2.45) is 5.92 Å². The van der Waals surface area contributed by atoms with Gasteiger partial charge in [-0.2, -0.15) is 0 Å². The average Bonchev–Trinajstić information content (AvgIpc) is 2.41. The van der Waals surface area contributed by atoms with Gasteiger partial charge < -0.3 is 5.11 Å². The molecule has 94 valence electrons. The summed E-state index contributed by atoms with van der Waals surface area (Å²) in [5, 5.41) is 10.9. The van der Waals surface area contributed by atoms with Gasteiger partial charge in [-0.1, -0.05) is 49.6 Å². The normalized spacial score (nSPS) is 21.1. The molecule has 1 unspecified atom stereocenters. The summed E-state index contributed by atoms with van der Waals surface area (Å²) in [5.41, 5.74) is -0.0827. The van der Waals surface area contributed by atoms with E-state index in [2.05, 4.69) is 0 Å². The Hall–Kier alpha value is -0.890. The van der Waals surface area contributed by atoms with E-state index in [1.54, 1.807) is 0 Å². The van der Waals surface area contributed by atoms with E-state index < -0.39 is 12.3 Å². The number of hydrogen-bond donors (Lipinski definition) is 1. The molecule has 0 radical (unpaired) electrons. The van der Waals surface area contributed by atoms with Crippen LogP contribution in [0.3, 0.4) is 0 Å². The second kappa shape index (κ2) is 5.63. The fourth-order valence-electron chi connectivity index (χ4n) is 3.04. The first-order chi connectivity index (χ1) is 8.27. The summed E-state index contributed by atoms with van der Waals surface area (Å²) >= 11 is 0. The molecule has 0 aromatic heterocycles. The van der Waals surface area contributed by atoms with Crippen LogP contribution in [0.15, 0.2) is 30.3 Å². The molecule has 0 amide bonds. The first kappa shape index (κ1) is 12.6. The van der Waals surface area contributed by atoms with E-state index >= 15 is 0 Å². The van der Waals surface area contributed by atoms with Gasteiger partial charge in [-0.05, 0) is 24.3 Å². The lowest BCUT2D eigenvalue weighted by atomic mass is 9.72. The largest absolute Gasteiger partial charge is 0.385 e. The van der Waals surface area contributed by atoms with E-state index in [4.69, 9.17) is 0 Å². The molecule has 0 saturated heterocycles. The zero-order valence-corrected chi connectivity index (χ0v) is 10.2. The summed E-state index contributed by atoms with van der Waals surface area (Å²) in [6.07, 6.45) is 5.83. The van der Waals surface area contributed by atoms with Crippen LogP contribution in [0.2, 0.25) is 0 Å². The van der Waals surface area contributed by atoms with Crippen molar-refractivity contribution >= 4 is 0 Å². The van der Waals surface area contributed by atoms with Gasteiger partial charge in [0.15, 0.2) is 0 Å². The van der Waals surface area contributed by atoms with Crippen molar-refractivity contribution in [3.63, 3.8) is 0 Å². The summed E-state index contributed by atoms with van der Waals surface area (Å²) in [5.74, 6) is 0.217. The van der Waals surface area contributed by atoms with E-state index in [1.165, 1.54) is 6.42 Å². The van der Waals surface area contributed by atoms with Crippen molar-refractivity contribution in [1.29, 1.82) is 0 Å². The molecule has 0 aliphatic heterocycles. The van der Waals surface area contributed by atoms with Gasteiger partial charge in [0.25, 0.3) is 0 Å². The lowest BCUT2D eigenvalue weighted by molar-refractivity contribution is -0.0501. The van der Waals surface area contributed by atoms with E-state index in [0.717, 1.165) is 31.2 Å². The molecule has 0 heterocycles. The van der Waals surface area contributed by atoms with Crippen molar-refractivity contribution in [3.8, 4) is 0 Å². The van der Waals surface area contributed by atoms with Crippen molar-refractivity contribution in [1.82, 2.24) is 0 Å². The summed E-state index contributed by atoms with van der Waals surface area (Å²) in [6.45, 7) is -0.456. The second-order valence-corrected chi connectivity index (χ2v) is 5.06. The highest BCUT2D eigenvalue weighted by atomic mass is 19.1. The number of halogens is 1. The Bertz CT molecular complexity index is 332. The molecular formula is C15H21FO. The molecule has 0 spiro atoms. The fourth-order valence-corrected chi connectivity index (χ4v) is 3.04. The van der Waals surface area contributed by atoms with Gasteiger partial charge in [-0.15, -0.1) is 0 Å². The van der Waals surface area contributed by atoms with Gasteiger partial charge >= 0.3 is 0 Å². The minimum atomic E-state index is -0.962. The average molecular weight is 236 g/mol. The van der Waals surface area contributed by atoms with Crippen LogP contribution >= 0.6 is 0 Å². The van der Waals surface area contributed by atoms with E-state index in [-0.39, 0.29) is 12.3 Å². The van der Waals surface area contributed by atoms with Crippen molar-refractivity contribution < 1.29 is 9.50 Å². The van der Waals surface area contributed by atoms with Crippen LogP contribution in [0, 0.1) is 5.92 Å². The van der Waals surface area contributed by atoms with Crippen LogP contribution in [0.5, 0.6) is 0 Å². The molecule has 1 fully saturated rings. The maximum absolute atomic E-state index is 12.8. The van der Waals surface area contributed by atoms with Gasteiger partial charge in [0, 0.05) is 6.42 Å².